The van der Waals surface area contributed by atoms with Crippen molar-refractivity contribution in [1.82, 2.24) is 10.2 Å². The van der Waals surface area contributed by atoms with Gasteiger partial charge in [-0.2, -0.15) is 0 Å². The fraction of sp³-hybridized carbons (Fsp3) is 0.300. The topological polar surface area (TPSA) is 61.9 Å². The van der Waals surface area contributed by atoms with E-state index in [0.717, 1.165) is 16.8 Å². The van der Waals surface area contributed by atoms with Crippen LogP contribution in [0.3, 0.4) is 0 Å². The van der Waals surface area contributed by atoms with Crippen LogP contribution in [-0.2, 0) is 17.8 Å². The van der Waals surface area contributed by atoms with Crippen LogP contribution in [0.15, 0.2) is 54.6 Å². The molecule has 6 heteroatoms. The SMILES string of the molecule is O=C(NCc1ccccc1)N1CCC2COC(=O)N2c2ccccc2C1. The first-order chi connectivity index (χ1) is 12.7. The number of hydrogen-bond donors (Lipinski definition) is 1. The number of urea groups is 1. The van der Waals surface area contributed by atoms with Crippen LogP contribution < -0.4 is 10.2 Å². The molecule has 3 amide bonds. The van der Waals surface area contributed by atoms with E-state index in [1.807, 2.05) is 59.5 Å². The van der Waals surface area contributed by atoms with Gasteiger partial charge in [-0.15, -0.1) is 0 Å². The van der Waals surface area contributed by atoms with Crippen molar-refractivity contribution in [3.8, 4) is 0 Å². The molecule has 0 bridgehead atoms. The monoisotopic (exact) mass is 351 g/mol. The third kappa shape index (κ3) is 3.22. The zero-order chi connectivity index (χ0) is 17.9. The molecule has 2 aromatic carbocycles. The molecular formula is C20H21N3O3. The van der Waals surface area contributed by atoms with Crippen molar-refractivity contribution in [3.05, 3.63) is 65.7 Å². The number of ether oxygens (including phenoxy) is 1. The number of benzene rings is 2. The number of rotatable bonds is 2. The number of fused-ring (bicyclic) bond motifs is 3. The molecular weight excluding hydrogens is 330 g/mol. The van der Waals surface area contributed by atoms with Gasteiger partial charge in [-0.05, 0) is 23.6 Å². The van der Waals surface area contributed by atoms with Crippen LogP contribution in [0.25, 0.3) is 0 Å². The summed E-state index contributed by atoms with van der Waals surface area (Å²) in [7, 11) is 0. The molecule has 0 saturated carbocycles. The number of para-hydroxylation sites is 1. The summed E-state index contributed by atoms with van der Waals surface area (Å²) in [5, 5.41) is 2.99. The fourth-order valence-corrected chi connectivity index (χ4v) is 3.50. The maximum atomic E-state index is 12.7. The van der Waals surface area contributed by atoms with E-state index >= 15 is 0 Å². The van der Waals surface area contributed by atoms with Crippen LogP contribution >= 0.6 is 0 Å². The lowest BCUT2D eigenvalue weighted by Gasteiger charge is -2.32. The van der Waals surface area contributed by atoms with Crippen molar-refractivity contribution >= 4 is 17.8 Å². The summed E-state index contributed by atoms with van der Waals surface area (Å²) in [5.74, 6) is 0. The molecule has 2 aromatic rings. The Morgan fingerprint density at radius 1 is 1.12 bits per heavy atom. The van der Waals surface area contributed by atoms with Crippen molar-refractivity contribution in [2.24, 2.45) is 0 Å². The maximum absolute atomic E-state index is 12.7. The fourth-order valence-electron chi connectivity index (χ4n) is 3.50. The van der Waals surface area contributed by atoms with Crippen molar-refractivity contribution in [1.29, 1.82) is 0 Å². The highest BCUT2D eigenvalue weighted by atomic mass is 16.6. The molecule has 0 spiro atoms. The summed E-state index contributed by atoms with van der Waals surface area (Å²) >= 11 is 0. The van der Waals surface area contributed by atoms with E-state index in [1.165, 1.54) is 0 Å². The van der Waals surface area contributed by atoms with Crippen LogP contribution in [0, 0.1) is 0 Å². The molecule has 1 fully saturated rings. The lowest BCUT2D eigenvalue weighted by atomic mass is 10.1. The molecule has 2 aliphatic heterocycles. The Kier molecular flexibility index (Phi) is 4.48. The quantitative estimate of drug-likeness (QED) is 0.904. The minimum atomic E-state index is -0.301. The van der Waals surface area contributed by atoms with E-state index < -0.39 is 0 Å². The predicted octanol–water partition coefficient (Wildman–Crippen LogP) is 3.13. The van der Waals surface area contributed by atoms with Crippen LogP contribution in [0.1, 0.15) is 17.5 Å². The normalized spacial score (nSPS) is 19.1. The van der Waals surface area contributed by atoms with Gasteiger partial charge in [0.25, 0.3) is 0 Å². The van der Waals surface area contributed by atoms with E-state index in [2.05, 4.69) is 5.32 Å². The number of nitrogens with zero attached hydrogens (tertiary/aromatic N) is 2. The zero-order valence-corrected chi connectivity index (χ0v) is 14.4. The summed E-state index contributed by atoms with van der Waals surface area (Å²) < 4.78 is 5.24. The number of carbonyl (C=O) groups is 2. The first-order valence-corrected chi connectivity index (χ1v) is 8.83. The van der Waals surface area contributed by atoms with E-state index in [1.54, 1.807) is 4.90 Å². The van der Waals surface area contributed by atoms with Crippen molar-refractivity contribution in [2.45, 2.75) is 25.6 Å². The molecule has 1 atom stereocenters. The van der Waals surface area contributed by atoms with Gasteiger partial charge in [-0.1, -0.05) is 48.5 Å². The Hall–Kier alpha value is -3.02. The molecule has 2 heterocycles. The second-order valence-electron chi connectivity index (χ2n) is 6.58. The second kappa shape index (κ2) is 7.07. The molecule has 0 aromatic heterocycles. The molecule has 1 unspecified atom stereocenters. The Labute approximate surface area is 152 Å². The van der Waals surface area contributed by atoms with Gasteiger partial charge in [0.05, 0.1) is 11.7 Å². The third-order valence-electron chi connectivity index (χ3n) is 4.88. The van der Waals surface area contributed by atoms with E-state index in [9.17, 15) is 9.59 Å². The Bertz CT molecular complexity index is 809. The van der Waals surface area contributed by atoms with Gasteiger partial charge in [0.1, 0.15) is 6.61 Å². The molecule has 26 heavy (non-hydrogen) atoms. The van der Waals surface area contributed by atoms with E-state index in [4.69, 9.17) is 4.74 Å². The average molecular weight is 351 g/mol. The molecule has 1 saturated heterocycles. The van der Waals surface area contributed by atoms with E-state index in [-0.39, 0.29) is 18.2 Å². The summed E-state index contributed by atoms with van der Waals surface area (Å²) in [5.41, 5.74) is 2.85. The average Bonchev–Trinajstić information content (AvgIpc) is 3.02. The number of cyclic esters (lactones) is 1. The molecule has 2 aliphatic rings. The Morgan fingerprint density at radius 3 is 2.73 bits per heavy atom. The maximum Gasteiger partial charge on any atom is 0.414 e. The van der Waals surface area contributed by atoms with Crippen LogP contribution in [0.4, 0.5) is 15.3 Å². The van der Waals surface area contributed by atoms with Crippen molar-refractivity contribution < 1.29 is 14.3 Å². The molecule has 6 nitrogen and oxygen atoms in total. The second-order valence-corrected chi connectivity index (χ2v) is 6.58. The van der Waals surface area contributed by atoms with Crippen LogP contribution in [0.2, 0.25) is 0 Å². The molecule has 1 N–H and O–H groups in total. The van der Waals surface area contributed by atoms with Gasteiger partial charge in [0.15, 0.2) is 0 Å². The number of carbonyl (C=O) groups excluding carboxylic acids is 2. The highest BCUT2D eigenvalue weighted by molar-refractivity contribution is 5.91. The van der Waals surface area contributed by atoms with Gasteiger partial charge in [-0.25, -0.2) is 9.59 Å². The molecule has 0 radical (unpaired) electrons. The Balaban J connectivity index is 1.52. The molecule has 0 aliphatic carbocycles. The molecule has 134 valence electrons. The summed E-state index contributed by atoms with van der Waals surface area (Å²) in [6, 6.07) is 17.4. The van der Waals surface area contributed by atoms with E-state index in [0.29, 0.717) is 32.7 Å². The van der Waals surface area contributed by atoms with Crippen LogP contribution in [-0.4, -0.2) is 36.2 Å². The van der Waals surface area contributed by atoms with Crippen LogP contribution in [0.5, 0.6) is 0 Å². The first kappa shape index (κ1) is 16.4. The predicted molar refractivity (Wildman–Crippen MR) is 97.8 cm³/mol. The highest BCUT2D eigenvalue weighted by Crippen LogP contribution is 2.31. The standard InChI is InChI=1S/C20H21N3O3/c24-19(21-12-15-6-2-1-3-7-15)22-11-10-17-14-26-20(25)23(17)18-9-5-4-8-16(18)13-22/h1-9,17H,10-14H2,(H,21,24). The zero-order valence-electron chi connectivity index (χ0n) is 14.4. The number of hydrogen-bond acceptors (Lipinski definition) is 3. The van der Waals surface area contributed by atoms with Gasteiger partial charge < -0.3 is 15.0 Å². The van der Waals surface area contributed by atoms with Crippen molar-refractivity contribution in [2.75, 3.05) is 18.1 Å². The third-order valence-corrected chi connectivity index (χ3v) is 4.88. The number of anilines is 1. The van der Waals surface area contributed by atoms with Gasteiger partial charge in [-0.3, -0.25) is 4.90 Å². The summed E-state index contributed by atoms with van der Waals surface area (Å²) in [4.78, 5) is 28.4. The number of amides is 3. The smallest absolute Gasteiger partial charge is 0.414 e. The minimum Gasteiger partial charge on any atom is -0.447 e. The van der Waals surface area contributed by atoms with Gasteiger partial charge >= 0.3 is 12.1 Å². The van der Waals surface area contributed by atoms with Crippen molar-refractivity contribution in [3.63, 3.8) is 0 Å². The lowest BCUT2D eigenvalue weighted by molar-refractivity contribution is 0.176. The lowest BCUT2D eigenvalue weighted by Crippen LogP contribution is -2.45. The van der Waals surface area contributed by atoms with Gasteiger partial charge in [0, 0.05) is 19.6 Å². The highest BCUT2D eigenvalue weighted by Gasteiger charge is 2.37. The molecule has 4 rings (SSSR count). The summed E-state index contributed by atoms with van der Waals surface area (Å²) in [6.45, 7) is 1.90. The van der Waals surface area contributed by atoms with Gasteiger partial charge in [0.2, 0.25) is 0 Å². The summed E-state index contributed by atoms with van der Waals surface area (Å²) in [6.07, 6.45) is 0.392. The first-order valence-electron chi connectivity index (χ1n) is 8.83. The Morgan fingerprint density at radius 2 is 1.88 bits per heavy atom. The minimum absolute atomic E-state index is 0.0339. The largest absolute Gasteiger partial charge is 0.447 e. The number of nitrogens with one attached hydrogen (secondary N) is 1.